The van der Waals surface area contributed by atoms with Gasteiger partial charge in [0, 0.05) is 12.5 Å². The average molecular weight is 314 g/mol. The molecule has 1 N–H and O–H groups in total. The molecular weight excluding hydrogens is 297 g/mol. The number of nitrogens with one attached hydrogen (secondary N) is 1. The maximum atomic E-state index is 5.98. The van der Waals surface area contributed by atoms with E-state index < -0.39 is 0 Å². The van der Waals surface area contributed by atoms with Crippen molar-refractivity contribution in [2.45, 2.75) is 39.3 Å². The Hall–Kier alpha value is -1.10. The molecule has 1 aromatic heterocycles. The summed E-state index contributed by atoms with van der Waals surface area (Å²) in [5.41, 5.74) is 1.00. The molecule has 20 heavy (non-hydrogen) atoms. The molecule has 4 nitrogen and oxygen atoms in total. The third-order valence-corrected chi connectivity index (χ3v) is 3.81. The van der Waals surface area contributed by atoms with Crippen LogP contribution in [-0.2, 0) is 13.0 Å². The first-order valence-electron chi connectivity index (χ1n) is 6.57. The first-order valence-corrected chi connectivity index (χ1v) is 7.33. The van der Waals surface area contributed by atoms with E-state index in [0.29, 0.717) is 40.8 Å². The summed E-state index contributed by atoms with van der Waals surface area (Å²) in [6.07, 6.45) is 1.63. The molecular formula is C14H17Cl2N3O. The van der Waals surface area contributed by atoms with Crippen LogP contribution in [0, 0.1) is 0 Å². The van der Waals surface area contributed by atoms with E-state index >= 15 is 0 Å². The summed E-state index contributed by atoms with van der Waals surface area (Å²) in [5.74, 6) is 1.24. The van der Waals surface area contributed by atoms with E-state index in [1.54, 1.807) is 6.07 Å². The van der Waals surface area contributed by atoms with Crippen molar-refractivity contribution in [3.05, 3.63) is 45.5 Å². The number of aromatic nitrogens is 2. The van der Waals surface area contributed by atoms with Gasteiger partial charge < -0.3 is 9.84 Å². The van der Waals surface area contributed by atoms with Gasteiger partial charge in [-0.05, 0) is 31.0 Å². The van der Waals surface area contributed by atoms with Crippen molar-refractivity contribution in [2.75, 3.05) is 0 Å². The molecule has 2 aromatic rings. The highest BCUT2D eigenvalue weighted by Crippen LogP contribution is 2.23. The second kappa shape index (κ2) is 7.07. The monoisotopic (exact) mass is 313 g/mol. The maximum Gasteiger partial charge on any atom is 0.240 e. The minimum atomic E-state index is 0.431. The summed E-state index contributed by atoms with van der Waals surface area (Å²) < 4.78 is 5.20. The van der Waals surface area contributed by atoms with Gasteiger partial charge in [0.25, 0.3) is 0 Å². The van der Waals surface area contributed by atoms with E-state index in [-0.39, 0.29) is 0 Å². The van der Waals surface area contributed by atoms with Gasteiger partial charge >= 0.3 is 0 Å². The Balaban J connectivity index is 1.96. The molecule has 0 amide bonds. The second-order valence-corrected chi connectivity index (χ2v) is 5.53. The summed E-state index contributed by atoms with van der Waals surface area (Å²) in [6, 6.07) is 5.92. The molecule has 1 unspecified atom stereocenters. The average Bonchev–Trinajstić information content (AvgIpc) is 2.88. The quantitative estimate of drug-likeness (QED) is 0.880. The smallest absolute Gasteiger partial charge is 0.240 e. The van der Waals surface area contributed by atoms with E-state index in [0.717, 1.165) is 12.0 Å². The molecule has 0 saturated heterocycles. The van der Waals surface area contributed by atoms with Gasteiger partial charge in [-0.1, -0.05) is 41.3 Å². The number of hydrogen-bond donors (Lipinski definition) is 1. The molecule has 0 fully saturated rings. The van der Waals surface area contributed by atoms with Crippen molar-refractivity contribution in [1.82, 2.24) is 15.5 Å². The molecule has 0 aliphatic carbocycles. The fourth-order valence-corrected chi connectivity index (χ4v) is 1.99. The van der Waals surface area contributed by atoms with Crippen LogP contribution in [0.2, 0.25) is 10.0 Å². The lowest BCUT2D eigenvalue weighted by atomic mass is 10.1. The zero-order valence-corrected chi connectivity index (χ0v) is 13.0. The van der Waals surface area contributed by atoms with Crippen molar-refractivity contribution in [2.24, 2.45) is 0 Å². The van der Waals surface area contributed by atoms with E-state index in [1.807, 2.05) is 12.1 Å². The standard InChI is InChI=1S/C14H17Cl2N3O/c1-3-9(2)17-8-14-18-13(19-20-14)7-10-4-5-11(15)12(16)6-10/h4-6,9,17H,3,7-8H2,1-2H3. The Morgan fingerprint density at radius 2 is 2.10 bits per heavy atom. The lowest BCUT2D eigenvalue weighted by Crippen LogP contribution is -2.24. The molecule has 0 saturated carbocycles. The predicted octanol–water partition coefficient (Wildman–Crippen LogP) is 3.86. The van der Waals surface area contributed by atoms with Crippen LogP contribution in [-0.4, -0.2) is 16.2 Å². The van der Waals surface area contributed by atoms with Gasteiger partial charge in [-0.3, -0.25) is 0 Å². The zero-order valence-electron chi connectivity index (χ0n) is 11.5. The van der Waals surface area contributed by atoms with Gasteiger partial charge in [0.2, 0.25) is 5.89 Å². The fourth-order valence-electron chi connectivity index (χ4n) is 1.67. The minimum Gasteiger partial charge on any atom is -0.338 e. The van der Waals surface area contributed by atoms with Crippen LogP contribution in [0.25, 0.3) is 0 Å². The van der Waals surface area contributed by atoms with Crippen LogP contribution >= 0.6 is 23.2 Å². The Morgan fingerprint density at radius 3 is 2.80 bits per heavy atom. The molecule has 1 heterocycles. The molecule has 0 radical (unpaired) electrons. The van der Waals surface area contributed by atoms with E-state index in [9.17, 15) is 0 Å². The van der Waals surface area contributed by atoms with Crippen LogP contribution in [0.5, 0.6) is 0 Å². The number of rotatable bonds is 6. The van der Waals surface area contributed by atoms with Crippen molar-refractivity contribution in [1.29, 1.82) is 0 Å². The second-order valence-electron chi connectivity index (χ2n) is 4.72. The SMILES string of the molecule is CCC(C)NCc1nc(Cc2ccc(Cl)c(Cl)c2)no1. The Bertz CT molecular complexity index is 571. The van der Waals surface area contributed by atoms with Crippen molar-refractivity contribution >= 4 is 23.2 Å². The summed E-state index contributed by atoms with van der Waals surface area (Å²) in [7, 11) is 0. The first-order chi connectivity index (χ1) is 9.58. The lowest BCUT2D eigenvalue weighted by molar-refractivity contribution is 0.354. The van der Waals surface area contributed by atoms with Crippen LogP contribution in [0.15, 0.2) is 22.7 Å². The van der Waals surface area contributed by atoms with E-state index in [4.69, 9.17) is 27.7 Å². The highest BCUT2D eigenvalue weighted by molar-refractivity contribution is 6.42. The number of benzene rings is 1. The lowest BCUT2D eigenvalue weighted by Gasteiger charge is -2.07. The number of hydrogen-bond acceptors (Lipinski definition) is 4. The van der Waals surface area contributed by atoms with E-state index in [1.165, 1.54) is 0 Å². The molecule has 6 heteroatoms. The first kappa shape index (κ1) is 15.3. The third-order valence-electron chi connectivity index (χ3n) is 3.07. The van der Waals surface area contributed by atoms with Crippen LogP contribution < -0.4 is 5.32 Å². The van der Waals surface area contributed by atoms with Gasteiger partial charge in [0.1, 0.15) is 0 Å². The normalized spacial score (nSPS) is 12.6. The fraction of sp³-hybridized carbons (Fsp3) is 0.429. The summed E-state index contributed by atoms with van der Waals surface area (Å²) >= 11 is 11.9. The summed E-state index contributed by atoms with van der Waals surface area (Å²) in [4.78, 5) is 4.35. The molecule has 0 bridgehead atoms. The zero-order chi connectivity index (χ0) is 14.5. The molecule has 0 aliphatic heterocycles. The predicted molar refractivity (Wildman–Crippen MR) is 80.2 cm³/mol. The Labute approximate surface area is 128 Å². The molecule has 0 spiro atoms. The summed E-state index contributed by atoms with van der Waals surface area (Å²) in [5, 5.41) is 8.35. The van der Waals surface area contributed by atoms with Gasteiger partial charge in [0.15, 0.2) is 5.82 Å². The van der Waals surface area contributed by atoms with Crippen LogP contribution in [0.4, 0.5) is 0 Å². The molecule has 1 atom stereocenters. The summed E-state index contributed by atoms with van der Waals surface area (Å²) in [6.45, 7) is 4.83. The van der Waals surface area contributed by atoms with Crippen molar-refractivity contribution < 1.29 is 4.52 Å². The number of halogens is 2. The van der Waals surface area contributed by atoms with Crippen molar-refractivity contribution in [3.63, 3.8) is 0 Å². The topological polar surface area (TPSA) is 51.0 Å². The van der Waals surface area contributed by atoms with Crippen molar-refractivity contribution in [3.8, 4) is 0 Å². The van der Waals surface area contributed by atoms with Crippen LogP contribution in [0.3, 0.4) is 0 Å². The molecule has 108 valence electrons. The largest absolute Gasteiger partial charge is 0.338 e. The maximum absolute atomic E-state index is 5.98. The van der Waals surface area contributed by atoms with Gasteiger partial charge in [0.05, 0.1) is 16.6 Å². The highest BCUT2D eigenvalue weighted by Gasteiger charge is 2.09. The Kier molecular flexibility index (Phi) is 5.40. The van der Waals surface area contributed by atoms with Crippen LogP contribution in [0.1, 0.15) is 37.5 Å². The van der Waals surface area contributed by atoms with Gasteiger partial charge in [-0.25, -0.2) is 0 Å². The van der Waals surface area contributed by atoms with E-state index in [2.05, 4.69) is 29.3 Å². The molecule has 0 aliphatic rings. The van der Waals surface area contributed by atoms with Gasteiger partial charge in [-0.2, -0.15) is 4.98 Å². The minimum absolute atomic E-state index is 0.431. The Morgan fingerprint density at radius 1 is 1.30 bits per heavy atom. The highest BCUT2D eigenvalue weighted by atomic mass is 35.5. The number of nitrogens with zero attached hydrogens (tertiary/aromatic N) is 2. The molecule has 2 rings (SSSR count). The third kappa shape index (κ3) is 4.20. The van der Waals surface area contributed by atoms with Gasteiger partial charge in [-0.15, -0.1) is 0 Å². The molecule has 1 aromatic carbocycles.